The standard InChI is InChI=1S/C8H13Si.C6H5.C4H9.3ClH.Ti/c1-5-4-6(2)8(9)7(5)3;1-2-4-6-5-3-1;1-4(2)3;;;;/h6H,1-3,9H3;1-5H;1-3H3;3*1H;/q;;;;;;+3/p-3. The first kappa shape index (κ1) is 25.7. The second-order valence-electron chi connectivity index (χ2n) is 7.06. The van der Waals surface area contributed by atoms with E-state index in [-0.39, 0.29) is 37.2 Å². The van der Waals surface area contributed by atoms with Gasteiger partial charge < -0.3 is 37.2 Å². The van der Waals surface area contributed by atoms with Crippen LogP contribution in [0.25, 0.3) is 0 Å². The number of benzene rings is 1. The van der Waals surface area contributed by atoms with Crippen LogP contribution in [0.15, 0.2) is 50.6 Å². The van der Waals surface area contributed by atoms with Crippen molar-refractivity contribution in [3.63, 3.8) is 0 Å². The Balaban J connectivity index is 0. The van der Waals surface area contributed by atoms with Gasteiger partial charge in [-0.25, -0.2) is 0 Å². The fourth-order valence-corrected chi connectivity index (χ4v) is 10.3. The molecule has 0 aromatic heterocycles. The molecule has 0 saturated heterocycles. The zero-order valence-electron chi connectivity index (χ0n) is 15.1. The molecular formula is C18H27Cl3SiTi. The molecule has 2 rings (SSSR count). The summed E-state index contributed by atoms with van der Waals surface area (Å²) >= 11 is -1.50. The second kappa shape index (κ2) is 9.85. The van der Waals surface area contributed by atoms with E-state index < -0.39 is 17.9 Å². The van der Waals surface area contributed by atoms with Crippen molar-refractivity contribution in [1.29, 1.82) is 0 Å². The summed E-state index contributed by atoms with van der Waals surface area (Å²) in [5.41, 5.74) is 3.22. The van der Waals surface area contributed by atoms with E-state index in [0.717, 1.165) is 0 Å². The molecule has 128 valence electrons. The molecule has 1 unspecified atom stereocenters. The van der Waals surface area contributed by atoms with E-state index >= 15 is 0 Å². The van der Waals surface area contributed by atoms with Gasteiger partial charge in [0.25, 0.3) is 0 Å². The van der Waals surface area contributed by atoms with E-state index in [9.17, 15) is 0 Å². The molecule has 1 aliphatic rings. The Morgan fingerprint density at radius 1 is 0.913 bits per heavy atom. The number of hydrogen-bond acceptors (Lipinski definition) is 0. The Hall–Kier alpha value is 0.501. The molecule has 0 bridgehead atoms. The van der Waals surface area contributed by atoms with E-state index in [1.54, 1.807) is 20.2 Å². The summed E-state index contributed by atoms with van der Waals surface area (Å²) in [6, 6.07) is 11.3. The van der Waals surface area contributed by atoms with Gasteiger partial charge in [-0.15, -0.1) is 0 Å². The first-order valence-corrected chi connectivity index (χ1v) is 10.9. The van der Waals surface area contributed by atoms with Crippen LogP contribution in [-0.4, -0.2) is 10.2 Å². The monoisotopic (exact) mass is 424 g/mol. The van der Waals surface area contributed by atoms with Crippen molar-refractivity contribution in [1.82, 2.24) is 0 Å². The predicted octanol–water partition coefficient (Wildman–Crippen LogP) is -5.28. The van der Waals surface area contributed by atoms with Crippen LogP contribution in [-0.2, 0) is 17.9 Å². The van der Waals surface area contributed by atoms with Gasteiger partial charge in [-0.1, -0.05) is 0 Å². The fourth-order valence-electron chi connectivity index (χ4n) is 3.37. The smallest absolute Gasteiger partial charge is 1.00 e. The molecule has 0 radical (unpaired) electrons. The molecule has 0 nitrogen and oxygen atoms in total. The van der Waals surface area contributed by atoms with Crippen LogP contribution in [0.3, 0.4) is 0 Å². The molecule has 0 saturated carbocycles. The van der Waals surface area contributed by atoms with Crippen molar-refractivity contribution in [3.8, 4) is 0 Å². The summed E-state index contributed by atoms with van der Waals surface area (Å²) in [4.78, 5) is 0. The maximum atomic E-state index is 2.45. The van der Waals surface area contributed by atoms with Gasteiger partial charge in [-0.05, 0) is 0 Å². The third kappa shape index (κ3) is 5.24. The van der Waals surface area contributed by atoms with Crippen LogP contribution >= 0.6 is 0 Å². The molecule has 1 aromatic carbocycles. The Kier molecular flexibility index (Phi) is 11.0. The molecule has 0 heterocycles. The Labute approximate surface area is 170 Å². The van der Waals surface area contributed by atoms with Gasteiger partial charge >= 0.3 is 134 Å². The molecule has 0 spiro atoms. The van der Waals surface area contributed by atoms with Crippen LogP contribution in [0.2, 0.25) is 3.72 Å². The molecule has 0 aliphatic heterocycles. The van der Waals surface area contributed by atoms with Crippen LogP contribution in [0.1, 0.15) is 41.5 Å². The number of hydrogen-bond donors (Lipinski definition) is 0. The first-order chi connectivity index (χ1) is 9.25. The number of halogens is 3. The van der Waals surface area contributed by atoms with Crippen molar-refractivity contribution in [2.24, 2.45) is 5.92 Å². The van der Waals surface area contributed by atoms with E-state index in [1.807, 2.05) is 3.88 Å². The summed E-state index contributed by atoms with van der Waals surface area (Å²) in [5, 5.41) is 1.72. The average Bonchev–Trinajstić information content (AvgIpc) is 2.57. The maximum Gasteiger partial charge on any atom is -1.00 e. The van der Waals surface area contributed by atoms with Crippen molar-refractivity contribution >= 4 is 14.1 Å². The van der Waals surface area contributed by atoms with Gasteiger partial charge in [-0.3, -0.25) is 0 Å². The average molecular weight is 426 g/mol. The molecule has 0 amide bonds. The van der Waals surface area contributed by atoms with Crippen molar-refractivity contribution < 1.29 is 55.1 Å². The molecular weight excluding hydrogens is 399 g/mol. The summed E-state index contributed by atoms with van der Waals surface area (Å²) < 4.78 is 3.87. The molecule has 1 aliphatic carbocycles. The summed E-state index contributed by atoms with van der Waals surface area (Å²) in [5.74, 6) is 0.705. The predicted molar refractivity (Wildman–Crippen MR) is 90.3 cm³/mol. The van der Waals surface area contributed by atoms with Gasteiger partial charge in [-0.2, -0.15) is 0 Å². The molecule has 0 fully saturated rings. The number of rotatable bonds is 2. The second-order valence-corrected chi connectivity index (χ2v) is 13.4. The van der Waals surface area contributed by atoms with E-state index in [4.69, 9.17) is 0 Å². The largest absolute Gasteiger partial charge is 1.00 e. The van der Waals surface area contributed by atoms with Crippen LogP contribution in [0.4, 0.5) is 0 Å². The molecule has 23 heavy (non-hydrogen) atoms. The minimum atomic E-state index is -1.50. The van der Waals surface area contributed by atoms with Gasteiger partial charge in [0, 0.05) is 0 Å². The molecule has 0 N–H and O–H groups in total. The van der Waals surface area contributed by atoms with Crippen LogP contribution in [0, 0.1) is 5.92 Å². The van der Waals surface area contributed by atoms with E-state index in [1.165, 1.54) is 10.2 Å². The van der Waals surface area contributed by atoms with E-state index in [2.05, 4.69) is 71.9 Å². The summed E-state index contributed by atoms with van der Waals surface area (Å²) in [7, 11) is 1.21. The fraction of sp³-hybridized carbons (Fsp3) is 0.444. The minimum Gasteiger partial charge on any atom is -1.00 e. The zero-order valence-corrected chi connectivity index (χ0v) is 20.9. The maximum absolute atomic E-state index is 2.45. The Bertz CT molecular complexity index is 574. The summed E-state index contributed by atoms with van der Waals surface area (Å²) in [6.07, 6.45) is 0. The van der Waals surface area contributed by atoms with Crippen LogP contribution in [0.5, 0.6) is 0 Å². The molecule has 1 atom stereocenters. The molecule has 5 heteroatoms. The Morgan fingerprint density at radius 3 is 1.74 bits per heavy atom. The van der Waals surface area contributed by atoms with Crippen LogP contribution < -0.4 is 41.1 Å². The Morgan fingerprint density at radius 2 is 1.39 bits per heavy atom. The third-order valence-electron chi connectivity index (χ3n) is 4.72. The molecule has 1 aromatic rings. The SMILES string of the molecule is CC1=C([SiH3])C(C)[C]([Ti+3]([c]2ccccc2)[C](C)(C)C)=C1C.[Cl-].[Cl-].[Cl-]. The number of allylic oxidation sites excluding steroid dienone is 4. The minimum absolute atomic E-state index is 0. The van der Waals surface area contributed by atoms with Gasteiger partial charge in [0.2, 0.25) is 0 Å². The summed E-state index contributed by atoms with van der Waals surface area (Å²) in [6.45, 7) is 14.5. The van der Waals surface area contributed by atoms with Gasteiger partial charge in [0.15, 0.2) is 0 Å². The zero-order chi connectivity index (χ0) is 15.1. The first-order valence-electron chi connectivity index (χ1n) is 7.57. The van der Waals surface area contributed by atoms with Crippen molar-refractivity contribution in [2.45, 2.75) is 45.3 Å². The normalized spacial score (nSPS) is 17.0. The van der Waals surface area contributed by atoms with Crippen molar-refractivity contribution in [2.75, 3.05) is 0 Å². The van der Waals surface area contributed by atoms with Gasteiger partial charge in [0.05, 0.1) is 0 Å². The third-order valence-corrected chi connectivity index (χ3v) is 12.2. The van der Waals surface area contributed by atoms with Gasteiger partial charge in [0.1, 0.15) is 0 Å². The topological polar surface area (TPSA) is 0 Å². The van der Waals surface area contributed by atoms with E-state index in [0.29, 0.717) is 9.64 Å². The van der Waals surface area contributed by atoms with Crippen molar-refractivity contribution in [3.05, 3.63) is 50.6 Å². The quantitative estimate of drug-likeness (QED) is 0.416.